The number of aryl methyl sites for hydroxylation is 1. The molecule has 1 nitrogen and oxygen atoms in total. The molecule has 0 saturated carbocycles. The van der Waals surface area contributed by atoms with Gasteiger partial charge in [-0.05, 0) is 59.9 Å². The molecule has 0 bridgehead atoms. The summed E-state index contributed by atoms with van der Waals surface area (Å²) in [6, 6.07) is 11.8. The monoisotopic (exact) mass is 395 g/mol. The number of rotatable bonds is 5. The zero-order valence-corrected chi connectivity index (χ0v) is 16.1. The maximum Gasteiger partial charge on any atom is 0.416 e. The number of benzene rings is 2. The molecule has 0 fully saturated rings. The van der Waals surface area contributed by atoms with E-state index in [1.807, 2.05) is 0 Å². The van der Waals surface area contributed by atoms with E-state index in [0.717, 1.165) is 18.9 Å². The molecular weight excluding hydrogens is 371 g/mol. The third-order valence-corrected chi connectivity index (χ3v) is 5.26. The third-order valence-electron chi connectivity index (χ3n) is 5.26. The van der Waals surface area contributed by atoms with Crippen LogP contribution >= 0.6 is 12.4 Å². The van der Waals surface area contributed by atoms with Crippen molar-refractivity contribution >= 4 is 18.5 Å². The number of hydrogen-bond donors (Lipinski definition) is 1. The van der Waals surface area contributed by atoms with Gasteiger partial charge in [0.15, 0.2) is 0 Å². The Morgan fingerprint density at radius 3 is 2.59 bits per heavy atom. The molecule has 0 aromatic heterocycles. The molecule has 0 radical (unpaired) electrons. The molecule has 0 aliphatic heterocycles. The number of alkyl halides is 3. The van der Waals surface area contributed by atoms with Crippen molar-refractivity contribution < 1.29 is 13.2 Å². The zero-order chi connectivity index (χ0) is 18.7. The van der Waals surface area contributed by atoms with Crippen LogP contribution in [0.3, 0.4) is 0 Å². The van der Waals surface area contributed by atoms with Crippen molar-refractivity contribution in [2.75, 3.05) is 0 Å². The van der Waals surface area contributed by atoms with Crippen LogP contribution in [0.1, 0.15) is 53.5 Å². The first-order chi connectivity index (χ1) is 12.4. The van der Waals surface area contributed by atoms with Gasteiger partial charge in [0.25, 0.3) is 0 Å². The van der Waals surface area contributed by atoms with Crippen LogP contribution in [-0.2, 0) is 19.0 Å². The van der Waals surface area contributed by atoms with Gasteiger partial charge >= 0.3 is 6.18 Å². The average molecular weight is 396 g/mol. The molecule has 0 amide bonds. The Morgan fingerprint density at radius 1 is 1.11 bits per heavy atom. The van der Waals surface area contributed by atoms with Crippen molar-refractivity contribution in [3.63, 3.8) is 0 Å². The van der Waals surface area contributed by atoms with E-state index in [-0.39, 0.29) is 24.4 Å². The predicted octanol–water partition coefficient (Wildman–Crippen LogP) is 6.15. The SMILES string of the molecule is CC(c1cccc2c1CCC=C2)C(N)CCc1cccc(C(F)(F)F)c1.Cl. The summed E-state index contributed by atoms with van der Waals surface area (Å²) in [6.07, 6.45) is 3.30. The Bertz CT molecular complexity index is 798. The fraction of sp³-hybridized carbons (Fsp3) is 0.364. The van der Waals surface area contributed by atoms with Crippen molar-refractivity contribution in [1.29, 1.82) is 0 Å². The van der Waals surface area contributed by atoms with Crippen molar-refractivity contribution in [1.82, 2.24) is 0 Å². The molecule has 2 aromatic carbocycles. The highest BCUT2D eigenvalue weighted by molar-refractivity contribution is 5.85. The Kier molecular flexibility index (Phi) is 7.12. The second-order valence-corrected chi connectivity index (χ2v) is 7.05. The van der Waals surface area contributed by atoms with Gasteiger partial charge in [-0.15, -0.1) is 12.4 Å². The molecule has 0 saturated heterocycles. The largest absolute Gasteiger partial charge is 0.416 e. The summed E-state index contributed by atoms with van der Waals surface area (Å²) in [7, 11) is 0. The van der Waals surface area contributed by atoms with Crippen LogP contribution in [0.5, 0.6) is 0 Å². The first-order valence-electron chi connectivity index (χ1n) is 9.06. The predicted molar refractivity (Wildman–Crippen MR) is 107 cm³/mol. The molecule has 2 N–H and O–H groups in total. The minimum Gasteiger partial charge on any atom is -0.327 e. The van der Waals surface area contributed by atoms with Gasteiger partial charge in [0.2, 0.25) is 0 Å². The summed E-state index contributed by atoms with van der Waals surface area (Å²) in [4.78, 5) is 0. The standard InChI is InChI=1S/C22H24F3N.ClH/c1-15(19-11-5-8-17-7-2-3-10-20(17)19)21(26)13-12-16-6-4-9-18(14-16)22(23,24)25;/h2,4-9,11,14-15,21H,3,10,12-13,26H2,1H3;1H. The summed E-state index contributed by atoms with van der Waals surface area (Å²) in [5, 5.41) is 0. The van der Waals surface area contributed by atoms with Gasteiger partial charge in [0.1, 0.15) is 0 Å². The molecule has 0 spiro atoms. The van der Waals surface area contributed by atoms with Gasteiger partial charge in [-0.3, -0.25) is 0 Å². The summed E-state index contributed by atoms with van der Waals surface area (Å²) < 4.78 is 38.5. The average Bonchev–Trinajstić information content (AvgIpc) is 2.64. The molecule has 27 heavy (non-hydrogen) atoms. The van der Waals surface area contributed by atoms with E-state index in [1.165, 1.54) is 28.8 Å². The lowest BCUT2D eigenvalue weighted by atomic mass is 9.83. The van der Waals surface area contributed by atoms with E-state index < -0.39 is 11.7 Å². The van der Waals surface area contributed by atoms with E-state index >= 15 is 0 Å². The maximum atomic E-state index is 12.8. The summed E-state index contributed by atoms with van der Waals surface area (Å²) >= 11 is 0. The Morgan fingerprint density at radius 2 is 1.85 bits per heavy atom. The van der Waals surface area contributed by atoms with Gasteiger partial charge < -0.3 is 5.73 Å². The highest BCUT2D eigenvalue weighted by Gasteiger charge is 2.30. The highest BCUT2D eigenvalue weighted by Crippen LogP contribution is 2.32. The van der Waals surface area contributed by atoms with Gasteiger partial charge in [-0.2, -0.15) is 13.2 Å². The van der Waals surface area contributed by atoms with E-state index in [2.05, 4.69) is 37.3 Å². The topological polar surface area (TPSA) is 26.0 Å². The molecule has 1 aliphatic carbocycles. The van der Waals surface area contributed by atoms with Crippen molar-refractivity contribution in [2.24, 2.45) is 5.73 Å². The van der Waals surface area contributed by atoms with E-state index in [4.69, 9.17) is 5.73 Å². The second kappa shape index (κ2) is 8.94. The zero-order valence-electron chi connectivity index (χ0n) is 15.3. The number of fused-ring (bicyclic) bond motifs is 1. The molecule has 2 aromatic rings. The first-order valence-corrected chi connectivity index (χ1v) is 9.06. The van der Waals surface area contributed by atoms with Crippen molar-refractivity contribution in [3.05, 3.63) is 76.4 Å². The van der Waals surface area contributed by atoms with Crippen LogP contribution in [0.15, 0.2) is 48.5 Å². The Labute approximate surface area is 164 Å². The lowest BCUT2D eigenvalue weighted by Gasteiger charge is -2.25. The van der Waals surface area contributed by atoms with Gasteiger partial charge in [-0.25, -0.2) is 0 Å². The van der Waals surface area contributed by atoms with Crippen LogP contribution in [0.4, 0.5) is 13.2 Å². The van der Waals surface area contributed by atoms with Gasteiger partial charge in [0, 0.05) is 6.04 Å². The summed E-state index contributed by atoms with van der Waals surface area (Å²) in [5.74, 6) is 0.169. The van der Waals surface area contributed by atoms with Crippen LogP contribution in [-0.4, -0.2) is 6.04 Å². The molecule has 146 valence electrons. The van der Waals surface area contributed by atoms with Crippen LogP contribution in [0.25, 0.3) is 6.08 Å². The second-order valence-electron chi connectivity index (χ2n) is 7.05. The normalized spacial score (nSPS) is 15.6. The number of hydrogen-bond acceptors (Lipinski definition) is 1. The van der Waals surface area contributed by atoms with E-state index in [9.17, 15) is 13.2 Å². The van der Waals surface area contributed by atoms with Crippen LogP contribution in [0.2, 0.25) is 0 Å². The lowest BCUT2D eigenvalue weighted by Crippen LogP contribution is -2.28. The fourth-order valence-corrected chi connectivity index (χ4v) is 3.65. The van der Waals surface area contributed by atoms with E-state index in [0.29, 0.717) is 18.4 Å². The smallest absolute Gasteiger partial charge is 0.327 e. The molecular formula is C22H25ClF3N. The molecule has 5 heteroatoms. The molecule has 3 rings (SSSR count). The minimum absolute atomic E-state index is 0. The summed E-state index contributed by atoms with van der Waals surface area (Å²) in [5.41, 5.74) is 10.4. The molecule has 2 atom stereocenters. The minimum atomic E-state index is -4.30. The quantitative estimate of drug-likeness (QED) is 0.645. The van der Waals surface area contributed by atoms with Crippen LogP contribution in [0, 0.1) is 0 Å². The van der Waals surface area contributed by atoms with Gasteiger partial charge in [0.05, 0.1) is 5.56 Å². The van der Waals surface area contributed by atoms with Crippen LogP contribution < -0.4 is 5.73 Å². The Hall–Kier alpha value is -1.78. The lowest BCUT2D eigenvalue weighted by molar-refractivity contribution is -0.137. The van der Waals surface area contributed by atoms with Gasteiger partial charge in [-0.1, -0.05) is 55.5 Å². The third kappa shape index (κ3) is 5.14. The molecule has 0 heterocycles. The Balaban J connectivity index is 0.00000261. The highest BCUT2D eigenvalue weighted by atomic mass is 35.5. The summed E-state index contributed by atoms with van der Waals surface area (Å²) in [6.45, 7) is 2.12. The first kappa shape index (κ1) is 21.5. The van der Waals surface area contributed by atoms with Crippen molar-refractivity contribution in [2.45, 2.75) is 50.7 Å². The molecule has 2 unspecified atom stereocenters. The number of halogens is 4. The number of allylic oxidation sites excluding steroid dienone is 1. The van der Waals surface area contributed by atoms with Crippen molar-refractivity contribution in [3.8, 4) is 0 Å². The maximum absolute atomic E-state index is 12.8. The van der Waals surface area contributed by atoms with E-state index in [1.54, 1.807) is 6.07 Å². The molecule has 1 aliphatic rings. The number of nitrogens with two attached hydrogens (primary N) is 1. The fourth-order valence-electron chi connectivity index (χ4n) is 3.65.